The van der Waals surface area contributed by atoms with Crippen LogP contribution in [0, 0.1) is 0 Å². The Labute approximate surface area is 113 Å². The van der Waals surface area contributed by atoms with Gasteiger partial charge in [0.15, 0.2) is 5.75 Å². The van der Waals surface area contributed by atoms with Crippen molar-refractivity contribution in [2.75, 3.05) is 6.61 Å². The Bertz CT molecular complexity index is 348. The topological polar surface area (TPSA) is 9.23 Å². The molecule has 0 aliphatic heterocycles. The Hall–Kier alpha value is 0.470. The normalized spacial score (nSPS) is 10.5. The van der Waals surface area contributed by atoms with Gasteiger partial charge in [-0.25, -0.2) is 0 Å². The second-order valence-electron chi connectivity index (χ2n) is 2.75. The van der Waals surface area contributed by atoms with Crippen LogP contribution in [0.5, 0.6) is 5.75 Å². The number of rotatable bonds is 3. The molecule has 0 saturated heterocycles. The minimum Gasteiger partial charge on any atom is -0.490 e. The van der Waals surface area contributed by atoms with Gasteiger partial charge in [0.05, 0.1) is 21.7 Å². The summed E-state index contributed by atoms with van der Waals surface area (Å²) in [6, 6.07) is 0. The first kappa shape index (κ1) is 13.5. The Kier molecular flexibility index (Phi) is 5.14. The van der Waals surface area contributed by atoms with E-state index in [0.717, 1.165) is 6.42 Å². The van der Waals surface area contributed by atoms with E-state index in [2.05, 4.69) is 0 Å². The lowest BCUT2D eigenvalue weighted by Gasteiger charge is -2.12. The predicted octanol–water partition coefficient (Wildman–Crippen LogP) is 5.74. The second kappa shape index (κ2) is 5.70. The van der Waals surface area contributed by atoms with Crippen LogP contribution in [0.1, 0.15) is 13.3 Å². The van der Waals surface area contributed by atoms with Crippen LogP contribution in [0.4, 0.5) is 0 Å². The smallest absolute Gasteiger partial charge is 0.159 e. The molecule has 1 rings (SSSR count). The van der Waals surface area contributed by atoms with Crippen LogP contribution in [0.25, 0.3) is 0 Å². The van der Waals surface area contributed by atoms with E-state index in [1.54, 1.807) is 0 Å². The van der Waals surface area contributed by atoms with Crippen molar-refractivity contribution >= 4 is 58.0 Å². The van der Waals surface area contributed by atoms with Crippen molar-refractivity contribution in [1.29, 1.82) is 0 Å². The average molecular weight is 308 g/mol. The standard InChI is InChI=1S/C9H7Cl5O/c1-2-3-15-9-7(13)5(11)4(10)6(12)8(9)14/h2-3H2,1H3. The van der Waals surface area contributed by atoms with Crippen LogP contribution >= 0.6 is 58.0 Å². The first-order chi connectivity index (χ1) is 7.00. The summed E-state index contributed by atoms with van der Waals surface area (Å²) in [4.78, 5) is 0. The molecule has 0 bridgehead atoms. The third-order valence-electron chi connectivity index (χ3n) is 1.62. The van der Waals surface area contributed by atoms with Gasteiger partial charge >= 0.3 is 0 Å². The van der Waals surface area contributed by atoms with Gasteiger partial charge in [0, 0.05) is 0 Å². The number of ether oxygens (including phenoxy) is 1. The fourth-order valence-corrected chi connectivity index (χ4v) is 2.15. The molecule has 0 aliphatic rings. The molecule has 0 unspecified atom stereocenters. The van der Waals surface area contributed by atoms with Crippen LogP contribution < -0.4 is 4.74 Å². The number of benzene rings is 1. The van der Waals surface area contributed by atoms with Crippen molar-refractivity contribution in [3.63, 3.8) is 0 Å². The molecule has 0 aliphatic carbocycles. The van der Waals surface area contributed by atoms with Crippen molar-refractivity contribution in [2.45, 2.75) is 13.3 Å². The van der Waals surface area contributed by atoms with E-state index in [1.165, 1.54) is 0 Å². The maximum atomic E-state index is 5.93. The predicted molar refractivity (Wildman–Crippen MR) is 67.3 cm³/mol. The molecule has 1 aromatic rings. The molecule has 6 heteroatoms. The molecule has 0 radical (unpaired) electrons. The molecular formula is C9H7Cl5O. The summed E-state index contributed by atoms with van der Waals surface area (Å²) in [6.45, 7) is 2.44. The molecule has 1 aromatic carbocycles. The minimum absolute atomic E-state index is 0.136. The zero-order valence-electron chi connectivity index (χ0n) is 7.71. The summed E-state index contributed by atoms with van der Waals surface area (Å²) in [5, 5.41) is 0.809. The molecule has 0 heterocycles. The lowest BCUT2D eigenvalue weighted by Crippen LogP contribution is -1.97. The number of hydrogen-bond donors (Lipinski definition) is 0. The molecule has 84 valence electrons. The SMILES string of the molecule is CCCOc1c(Cl)c(Cl)c(Cl)c(Cl)c1Cl. The highest BCUT2D eigenvalue weighted by Gasteiger charge is 2.20. The Morgan fingerprint density at radius 3 is 1.60 bits per heavy atom. The third kappa shape index (κ3) is 2.78. The molecule has 0 saturated carbocycles. The van der Waals surface area contributed by atoms with Crippen molar-refractivity contribution in [3.8, 4) is 5.75 Å². The summed E-state index contributed by atoms with van der Waals surface area (Å²) in [6.07, 6.45) is 0.824. The summed E-state index contributed by atoms with van der Waals surface area (Å²) < 4.78 is 5.34. The molecule has 0 fully saturated rings. The maximum Gasteiger partial charge on any atom is 0.159 e. The van der Waals surface area contributed by atoms with E-state index in [4.69, 9.17) is 62.7 Å². The van der Waals surface area contributed by atoms with Gasteiger partial charge in [-0.1, -0.05) is 64.9 Å². The summed E-state index contributed by atoms with van der Waals surface area (Å²) >= 11 is 29.4. The molecule has 0 spiro atoms. The Balaban J connectivity index is 3.26. The van der Waals surface area contributed by atoms with E-state index >= 15 is 0 Å². The average Bonchev–Trinajstić information content (AvgIpc) is 2.24. The highest BCUT2D eigenvalue weighted by atomic mass is 35.5. The third-order valence-corrected chi connectivity index (χ3v) is 3.86. The lowest BCUT2D eigenvalue weighted by atomic mass is 10.3. The fourth-order valence-electron chi connectivity index (χ4n) is 0.916. The van der Waals surface area contributed by atoms with Crippen LogP contribution in [-0.4, -0.2) is 6.61 Å². The van der Waals surface area contributed by atoms with Crippen LogP contribution in [-0.2, 0) is 0 Å². The highest BCUT2D eigenvalue weighted by Crippen LogP contribution is 2.48. The summed E-state index contributed by atoms with van der Waals surface area (Å²) in [5.41, 5.74) is 0. The molecular weight excluding hydrogens is 301 g/mol. The van der Waals surface area contributed by atoms with Gasteiger partial charge < -0.3 is 4.74 Å². The van der Waals surface area contributed by atoms with Crippen LogP contribution in [0.15, 0.2) is 0 Å². The highest BCUT2D eigenvalue weighted by molar-refractivity contribution is 6.55. The van der Waals surface area contributed by atoms with Gasteiger partial charge in [-0.2, -0.15) is 0 Å². The largest absolute Gasteiger partial charge is 0.490 e. The minimum atomic E-state index is 0.136. The molecule has 0 amide bonds. The van der Waals surface area contributed by atoms with E-state index in [1.807, 2.05) is 6.92 Å². The number of hydrogen-bond acceptors (Lipinski definition) is 1. The first-order valence-electron chi connectivity index (χ1n) is 4.14. The van der Waals surface area contributed by atoms with Gasteiger partial charge in [-0.05, 0) is 6.42 Å². The Morgan fingerprint density at radius 2 is 1.20 bits per heavy atom. The maximum absolute atomic E-state index is 5.93. The van der Waals surface area contributed by atoms with Gasteiger partial charge in [-0.15, -0.1) is 0 Å². The molecule has 1 nitrogen and oxygen atoms in total. The molecule has 0 N–H and O–H groups in total. The zero-order chi connectivity index (χ0) is 11.6. The van der Waals surface area contributed by atoms with Crippen molar-refractivity contribution in [2.24, 2.45) is 0 Å². The number of halogens is 5. The quantitative estimate of drug-likeness (QED) is 0.511. The van der Waals surface area contributed by atoms with Crippen molar-refractivity contribution < 1.29 is 4.74 Å². The van der Waals surface area contributed by atoms with E-state index in [-0.39, 0.29) is 30.9 Å². The van der Waals surface area contributed by atoms with Crippen molar-refractivity contribution in [1.82, 2.24) is 0 Å². The van der Waals surface area contributed by atoms with Gasteiger partial charge in [-0.3, -0.25) is 0 Å². The zero-order valence-corrected chi connectivity index (χ0v) is 11.5. The van der Waals surface area contributed by atoms with Gasteiger partial charge in [0.1, 0.15) is 10.0 Å². The van der Waals surface area contributed by atoms with E-state index in [9.17, 15) is 0 Å². The molecule has 0 aromatic heterocycles. The monoisotopic (exact) mass is 306 g/mol. The Morgan fingerprint density at radius 1 is 0.800 bits per heavy atom. The van der Waals surface area contributed by atoms with Crippen LogP contribution in [0.2, 0.25) is 25.1 Å². The summed E-state index contributed by atoms with van der Waals surface area (Å²) in [5.74, 6) is 0.277. The summed E-state index contributed by atoms with van der Waals surface area (Å²) in [7, 11) is 0. The van der Waals surface area contributed by atoms with E-state index in [0.29, 0.717) is 6.61 Å². The second-order valence-corrected chi connectivity index (χ2v) is 4.64. The first-order valence-corrected chi connectivity index (χ1v) is 6.03. The van der Waals surface area contributed by atoms with Crippen LogP contribution in [0.3, 0.4) is 0 Å². The fraction of sp³-hybridized carbons (Fsp3) is 0.333. The molecule has 15 heavy (non-hydrogen) atoms. The van der Waals surface area contributed by atoms with E-state index < -0.39 is 0 Å². The van der Waals surface area contributed by atoms with Gasteiger partial charge in [0.25, 0.3) is 0 Å². The molecule has 0 atom stereocenters. The lowest BCUT2D eigenvalue weighted by molar-refractivity contribution is 0.318. The van der Waals surface area contributed by atoms with Gasteiger partial charge in [0.2, 0.25) is 0 Å². The van der Waals surface area contributed by atoms with Crippen molar-refractivity contribution in [3.05, 3.63) is 25.1 Å².